The van der Waals surface area contributed by atoms with Crippen LogP contribution in [0, 0.1) is 5.92 Å². The normalized spacial score (nSPS) is 11.9. The Hall–Kier alpha value is -1.20. The third kappa shape index (κ3) is 5.42. The van der Waals surface area contributed by atoms with Crippen molar-refractivity contribution in [1.29, 1.82) is 0 Å². The molecule has 18 heavy (non-hydrogen) atoms. The second-order valence-electron chi connectivity index (χ2n) is 4.08. The highest BCUT2D eigenvalue weighted by Gasteiger charge is 2.05. The van der Waals surface area contributed by atoms with E-state index in [2.05, 4.69) is 5.32 Å². The Bertz CT molecular complexity index is 367. The van der Waals surface area contributed by atoms with Gasteiger partial charge in [0.05, 0.1) is 12.9 Å². The molecule has 1 aromatic rings. The Morgan fingerprint density at radius 2 is 2.11 bits per heavy atom. The molecule has 1 atom stereocenters. The van der Waals surface area contributed by atoms with Gasteiger partial charge in [-0.2, -0.15) is 11.8 Å². The maximum absolute atomic E-state index is 11.6. The van der Waals surface area contributed by atoms with E-state index in [4.69, 9.17) is 9.84 Å². The van der Waals surface area contributed by atoms with Crippen molar-refractivity contribution in [3.05, 3.63) is 24.3 Å². The van der Waals surface area contributed by atoms with Crippen molar-refractivity contribution >= 4 is 23.4 Å². The van der Waals surface area contributed by atoms with Crippen LogP contribution in [0.3, 0.4) is 0 Å². The number of rotatable bonds is 7. The molecule has 0 spiro atoms. The van der Waals surface area contributed by atoms with Gasteiger partial charge in [0.25, 0.3) is 0 Å². The lowest BCUT2D eigenvalue weighted by molar-refractivity contribution is -0.113. The second kappa shape index (κ2) is 8.00. The molecule has 0 saturated carbocycles. The van der Waals surface area contributed by atoms with Gasteiger partial charge in [0.15, 0.2) is 0 Å². The van der Waals surface area contributed by atoms with Gasteiger partial charge in [0, 0.05) is 12.3 Å². The number of aliphatic hydroxyl groups excluding tert-OH is 1. The van der Waals surface area contributed by atoms with E-state index < -0.39 is 0 Å². The summed E-state index contributed by atoms with van der Waals surface area (Å²) in [4.78, 5) is 11.6. The first-order chi connectivity index (χ1) is 8.65. The molecule has 100 valence electrons. The number of amides is 1. The zero-order valence-electron chi connectivity index (χ0n) is 10.7. The zero-order chi connectivity index (χ0) is 13.4. The highest BCUT2D eigenvalue weighted by atomic mass is 32.2. The number of aliphatic hydroxyl groups is 1. The molecule has 0 aromatic heterocycles. The first-order valence-corrected chi connectivity index (χ1v) is 6.93. The van der Waals surface area contributed by atoms with Crippen LogP contribution in [0.4, 0.5) is 5.69 Å². The van der Waals surface area contributed by atoms with Crippen LogP contribution in [0.1, 0.15) is 6.92 Å². The molecule has 2 N–H and O–H groups in total. The van der Waals surface area contributed by atoms with Crippen LogP contribution >= 0.6 is 11.8 Å². The van der Waals surface area contributed by atoms with Crippen molar-refractivity contribution in [1.82, 2.24) is 0 Å². The van der Waals surface area contributed by atoms with Crippen LogP contribution < -0.4 is 10.1 Å². The highest BCUT2D eigenvalue weighted by molar-refractivity contribution is 7.99. The molecule has 1 amide bonds. The summed E-state index contributed by atoms with van der Waals surface area (Å²) in [7, 11) is 1.60. The highest BCUT2D eigenvalue weighted by Crippen LogP contribution is 2.15. The molecule has 0 fully saturated rings. The molecule has 0 aliphatic rings. The van der Waals surface area contributed by atoms with E-state index in [9.17, 15) is 4.79 Å². The molecule has 0 aliphatic heterocycles. The average Bonchev–Trinajstić information content (AvgIpc) is 2.39. The third-order valence-electron chi connectivity index (χ3n) is 2.32. The van der Waals surface area contributed by atoms with Gasteiger partial charge in [0.1, 0.15) is 5.75 Å². The molecule has 1 rings (SSSR count). The monoisotopic (exact) mass is 269 g/mol. The molecule has 0 aliphatic carbocycles. The molecular formula is C13H19NO3S. The molecule has 0 radical (unpaired) electrons. The van der Waals surface area contributed by atoms with Crippen LogP contribution in [0.15, 0.2) is 24.3 Å². The third-order valence-corrected chi connectivity index (χ3v) is 3.59. The van der Waals surface area contributed by atoms with Crippen LogP contribution in [0.25, 0.3) is 0 Å². The molecule has 0 bridgehead atoms. The maximum Gasteiger partial charge on any atom is 0.234 e. The number of methoxy groups -OCH3 is 1. The zero-order valence-corrected chi connectivity index (χ0v) is 11.5. The fourth-order valence-corrected chi connectivity index (χ4v) is 2.16. The molecule has 0 heterocycles. The van der Waals surface area contributed by atoms with Crippen molar-refractivity contribution in [2.24, 2.45) is 5.92 Å². The molecule has 1 unspecified atom stereocenters. The summed E-state index contributed by atoms with van der Waals surface area (Å²) < 4.78 is 5.04. The smallest absolute Gasteiger partial charge is 0.234 e. The van der Waals surface area contributed by atoms with Crippen molar-refractivity contribution in [2.45, 2.75) is 6.92 Å². The molecule has 5 heteroatoms. The van der Waals surface area contributed by atoms with Crippen LogP contribution in [0.2, 0.25) is 0 Å². The van der Waals surface area contributed by atoms with E-state index in [1.165, 1.54) is 11.8 Å². The van der Waals surface area contributed by atoms with Gasteiger partial charge in [0.2, 0.25) is 5.91 Å². The number of benzene rings is 1. The van der Waals surface area contributed by atoms with Crippen molar-refractivity contribution in [3.63, 3.8) is 0 Å². The summed E-state index contributed by atoms with van der Waals surface area (Å²) in [5.74, 6) is 2.14. The van der Waals surface area contributed by atoms with Gasteiger partial charge in [-0.1, -0.05) is 6.92 Å². The topological polar surface area (TPSA) is 58.6 Å². The van der Waals surface area contributed by atoms with E-state index in [0.717, 1.165) is 17.2 Å². The minimum atomic E-state index is -0.0321. The van der Waals surface area contributed by atoms with Crippen molar-refractivity contribution < 1.29 is 14.6 Å². The number of ether oxygens (including phenoxy) is 1. The molecule has 0 saturated heterocycles. The number of thioether (sulfide) groups is 1. The van der Waals surface area contributed by atoms with E-state index in [1.54, 1.807) is 31.4 Å². The van der Waals surface area contributed by atoms with E-state index >= 15 is 0 Å². The van der Waals surface area contributed by atoms with Gasteiger partial charge in [-0.3, -0.25) is 4.79 Å². The second-order valence-corrected chi connectivity index (χ2v) is 5.11. The number of carbonyl (C=O) groups excluding carboxylic acids is 1. The summed E-state index contributed by atoms with van der Waals surface area (Å²) in [6.45, 7) is 2.11. The molecular weight excluding hydrogens is 250 g/mol. The largest absolute Gasteiger partial charge is 0.497 e. The standard InChI is InChI=1S/C13H19NO3S/c1-10(7-15)8-18-9-13(16)14-11-3-5-12(17-2)6-4-11/h3-6,10,15H,7-9H2,1-2H3,(H,14,16). The van der Waals surface area contributed by atoms with Gasteiger partial charge in [-0.05, 0) is 35.9 Å². The van der Waals surface area contributed by atoms with Gasteiger partial charge < -0.3 is 15.2 Å². The first kappa shape index (κ1) is 14.9. The fraction of sp³-hybridized carbons (Fsp3) is 0.462. The van der Waals surface area contributed by atoms with Crippen LogP contribution in [0.5, 0.6) is 5.75 Å². The number of hydrogen-bond donors (Lipinski definition) is 2. The fourth-order valence-electron chi connectivity index (χ4n) is 1.28. The van der Waals surface area contributed by atoms with E-state index in [1.807, 2.05) is 6.92 Å². The minimum Gasteiger partial charge on any atom is -0.497 e. The maximum atomic E-state index is 11.6. The Balaban J connectivity index is 2.30. The lowest BCUT2D eigenvalue weighted by Gasteiger charge is -2.08. The predicted octanol–water partition coefficient (Wildman–Crippen LogP) is 2.00. The number of hydrogen-bond acceptors (Lipinski definition) is 4. The van der Waals surface area contributed by atoms with E-state index in [-0.39, 0.29) is 18.4 Å². The Kier molecular flexibility index (Phi) is 6.60. The Labute approximate surface area is 112 Å². The molecule has 4 nitrogen and oxygen atoms in total. The minimum absolute atomic E-state index is 0.0321. The van der Waals surface area contributed by atoms with Crippen molar-refractivity contribution in [3.8, 4) is 5.75 Å². The number of anilines is 1. The lowest BCUT2D eigenvalue weighted by atomic mass is 10.2. The average molecular weight is 269 g/mol. The Morgan fingerprint density at radius 3 is 2.67 bits per heavy atom. The van der Waals surface area contributed by atoms with E-state index in [0.29, 0.717) is 5.75 Å². The Morgan fingerprint density at radius 1 is 1.44 bits per heavy atom. The van der Waals surface area contributed by atoms with Crippen LogP contribution in [-0.2, 0) is 4.79 Å². The predicted molar refractivity (Wildman–Crippen MR) is 75.2 cm³/mol. The van der Waals surface area contributed by atoms with Crippen molar-refractivity contribution in [2.75, 3.05) is 30.5 Å². The quantitative estimate of drug-likeness (QED) is 0.795. The SMILES string of the molecule is COc1ccc(NC(=O)CSCC(C)CO)cc1. The van der Waals surface area contributed by atoms with Gasteiger partial charge >= 0.3 is 0 Å². The van der Waals surface area contributed by atoms with Crippen LogP contribution in [-0.4, -0.2) is 36.2 Å². The molecule has 1 aromatic carbocycles. The summed E-state index contributed by atoms with van der Waals surface area (Å²) in [5.41, 5.74) is 0.761. The number of nitrogens with one attached hydrogen (secondary N) is 1. The lowest BCUT2D eigenvalue weighted by Crippen LogP contribution is -2.15. The van der Waals surface area contributed by atoms with Gasteiger partial charge in [-0.25, -0.2) is 0 Å². The summed E-state index contributed by atoms with van der Waals surface area (Å²) in [5, 5.41) is 11.7. The number of carbonyl (C=O) groups is 1. The first-order valence-electron chi connectivity index (χ1n) is 5.78. The van der Waals surface area contributed by atoms with Gasteiger partial charge in [-0.15, -0.1) is 0 Å². The summed E-state index contributed by atoms with van der Waals surface area (Å²) in [6.07, 6.45) is 0. The summed E-state index contributed by atoms with van der Waals surface area (Å²) in [6, 6.07) is 7.21. The summed E-state index contributed by atoms with van der Waals surface area (Å²) >= 11 is 1.52.